The third-order valence-electron chi connectivity index (χ3n) is 3.78. The predicted octanol–water partition coefficient (Wildman–Crippen LogP) is 1.51. The van der Waals surface area contributed by atoms with Crippen LogP contribution in [-0.4, -0.2) is 60.1 Å². The fraction of sp³-hybridized carbons (Fsp3) is 0.923. The Labute approximate surface area is 105 Å². The number of carboxylic acid groups (broad SMARTS) is 1. The Morgan fingerprint density at radius 2 is 1.65 bits per heavy atom. The van der Waals surface area contributed by atoms with Gasteiger partial charge in [-0.25, -0.2) is 0 Å². The van der Waals surface area contributed by atoms with E-state index in [0.29, 0.717) is 6.54 Å². The van der Waals surface area contributed by atoms with Crippen LogP contribution in [0.1, 0.15) is 33.1 Å². The number of hydrogen-bond donors (Lipinski definition) is 1. The second-order valence-electron chi connectivity index (χ2n) is 4.97. The highest BCUT2D eigenvalue weighted by molar-refractivity contribution is 5.66. The molecule has 0 atom stereocenters. The molecule has 4 nitrogen and oxygen atoms in total. The summed E-state index contributed by atoms with van der Waals surface area (Å²) in [5, 5.41) is 8.64. The molecular weight excluding hydrogens is 216 g/mol. The molecule has 1 saturated heterocycles. The normalized spacial score (nSPS) is 18.8. The zero-order valence-electron chi connectivity index (χ0n) is 11.2. The van der Waals surface area contributed by atoms with Gasteiger partial charge in [0.05, 0.1) is 6.42 Å². The molecule has 0 amide bonds. The molecule has 0 aromatic rings. The van der Waals surface area contributed by atoms with E-state index in [0.717, 1.165) is 32.1 Å². The Bertz CT molecular complexity index is 221. The standard InChI is InChI=1S/C13H26N2O2/c1-3-12(4-2)11-15-9-7-14(8-10-15)6-5-13(16)17/h12H,3-11H2,1-2H3,(H,16,17). The van der Waals surface area contributed by atoms with Crippen LogP contribution in [0.3, 0.4) is 0 Å². The van der Waals surface area contributed by atoms with Crippen LogP contribution in [0, 0.1) is 5.92 Å². The van der Waals surface area contributed by atoms with Gasteiger partial charge in [0.25, 0.3) is 0 Å². The second-order valence-corrected chi connectivity index (χ2v) is 4.97. The Morgan fingerprint density at radius 3 is 2.12 bits per heavy atom. The van der Waals surface area contributed by atoms with E-state index in [9.17, 15) is 4.79 Å². The molecule has 4 heteroatoms. The van der Waals surface area contributed by atoms with Gasteiger partial charge in [-0.3, -0.25) is 4.79 Å². The van der Waals surface area contributed by atoms with Crippen LogP contribution in [0.5, 0.6) is 0 Å². The summed E-state index contributed by atoms with van der Waals surface area (Å²) in [6.07, 6.45) is 2.79. The van der Waals surface area contributed by atoms with Gasteiger partial charge < -0.3 is 14.9 Å². The molecule has 1 aliphatic heterocycles. The fourth-order valence-electron chi connectivity index (χ4n) is 2.36. The zero-order valence-corrected chi connectivity index (χ0v) is 11.2. The van der Waals surface area contributed by atoms with Gasteiger partial charge >= 0.3 is 5.97 Å². The summed E-state index contributed by atoms with van der Waals surface area (Å²) in [4.78, 5) is 15.3. The van der Waals surface area contributed by atoms with E-state index in [-0.39, 0.29) is 6.42 Å². The van der Waals surface area contributed by atoms with Crippen LogP contribution >= 0.6 is 0 Å². The summed E-state index contributed by atoms with van der Waals surface area (Å²) in [7, 11) is 0. The average molecular weight is 242 g/mol. The minimum absolute atomic E-state index is 0.270. The molecule has 0 unspecified atom stereocenters. The van der Waals surface area contributed by atoms with E-state index < -0.39 is 5.97 Å². The van der Waals surface area contributed by atoms with Crippen molar-refractivity contribution in [3.05, 3.63) is 0 Å². The van der Waals surface area contributed by atoms with Crippen molar-refractivity contribution in [2.45, 2.75) is 33.1 Å². The lowest BCUT2D eigenvalue weighted by Gasteiger charge is -2.36. The highest BCUT2D eigenvalue weighted by atomic mass is 16.4. The second kappa shape index (κ2) is 7.67. The Hall–Kier alpha value is -0.610. The SMILES string of the molecule is CCC(CC)CN1CCN(CCC(=O)O)CC1. The monoisotopic (exact) mass is 242 g/mol. The first-order chi connectivity index (χ1) is 8.15. The number of nitrogens with zero attached hydrogens (tertiary/aromatic N) is 2. The summed E-state index contributed by atoms with van der Waals surface area (Å²) in [6, 6.07) is 0. The van der Waals surface area contributed by atoms with Crippen molar-refractivity contribution < 1.29 is 9.90 Å². The highest BCUT2D eigenvalue weighted by Crippen LogP contribution is 2.12. The first-order valence-corrected chi connectivity index (χ1v) is 6.82. The van der Waals surface area contributed by atoms with E-state index >= 15 is 0 Å². The molecule has 0 aliphatic carbocycles. The maximum atomic E-state index is 10.5. The van der Waals surface area contributed by atoms with Crippen molar-refractivity contribution in [1.82, 2.24) is 9.80 Å². The van der Waals surface area contributed by atoms with E-state index in [1.54, 1.807) is 0 Å². The van der Waals surface area contributed by atoms with E-state index in [1.165, 1.54) is 19.4 Å². The molecule has 1 N–H and O–H groups in total. The van der Waals surface area contributed by atoms with Crippen molar-refractivity contribution in [3.8, 4) is 0 Å². The minimum Gasteiger partial charge on any atom is -0.481 e. The molecule has 1 rings (SSSR count). The summed E-state index contributed by atoms with van der Waals surface area (Å²) in [5.74, 6) is 0.130. The van der Waals surface area contributed by atoms with Gasteiger partial charge in [-0.15, -0.1) is 0 Å². The molecule has 0 bridgehead atoms. The number of aliphatic carboxylic acids is 1. The maximum Gasteiger partial charge on any atom is 0.304 e. The van der Waals surface area contributed by atoms with Crippen molar-refractivity contribution >= 4 is 5.97 Å². The van der Waals surface area contributed by atoms with Gasteiger partial charge in [-0.2, -0.15) is 0 Å². The first-order valence-electron chi connectivity index (χ1n) is 6.82. The topological polar surface area (TPSA) is 43.8 Å². The van der Waals surface area contributed by atoms with Crippen LogP contribution in [0.25, 0.3) is 0 Å². The lowest BCUT2D eigenvalue weighted by atomic mass is 10.0. The van der Waals surface area contributed by atoms with Crippen molar-refractivity contribution in [3.63, 3.8) is 0 Å². The van der Waals surface area contributed by atoms with Crippen LogP contribution < -0.4 is 0 Å². The molecule has 0 radical (unpaired) electrons. The quantitative estimate of drug-likeness (QED) is 0.735. The molecule has 1 aliphatic rings. The Balaban J connectivity index is 2.19. The van der Waals surface area contributed by atoms with Crippen molar-refractivity contribution in [2.75, 3.05) is 39.3 Å². The molecular formula is C13H26N2O2. The van der Waals surface area contributed by atoms with Gasteiger partial charge in [-0.1, -0.05) is 26.7 Å². The number of carbonyl (C=O) groups is 1. The molecule has 1 heterocycles. The molecule has 100 valence electrons. The molecule has 17 heavy (non-hydrogen) atoms. The third-order valence-corrected chi connectivity index (χ3v) is 3.78. The number of carboxylic acids is 1. The van der Waals surface area contributed by atoms with E-state index in [4.69, 9.17) is 5.11 Å². The van der Waals surface area contributed by atoms with Gasteiger partial charge in [0.2, 0.25) is 0 Å². The number of piperazine rings is 1. The first kappa shape index (κ1) is 14.5. The van der Waals surface area contributed by atoms with E-state index in [2.05, 4.69) is 23.6 Å². The van der Waals surface area contributed by atoms with Crippen LogP contribution in [0.15, 0.2) is 0 Å². The third kappa shape index (κ3) is 5.50. The van der Waals surface area contributed by atoms with Crippen LogP contribution in [0.2, 0.25) is 0 Å². The van der Waals surface area contributed by atoms with Crippen molar-refractivity contribution in [2.24, 2.45) is 5.92 Å². The Morgan fingerprint density at radius 1 is 1.12 bits per heavy atom. The lowest BCUT2D eigenvalue weighted by Crippen LogP contribution is -2.48. The largest absolute Gasteiger partial charge is 0.481 e. The van der Waals surface area contributed by atoms with Crippen LogP contribution in [-0.2, 0) is 4.79 Å². The van der Waals surface area contributed by atoms with Gasteiger partial charge in [-0.05, 0) is 5.92 Å². The summed E-state index contributed by atoms with van der Waals surface area (Å²) >= 11 is 0. The molecule has 1 fully saturated rings. The smallest absolute Gasteiger partial charge is 0.304 e. The minimum atomic E-state index is -0.690. The molecule has 0 spiro atoms. The van der Waals surface area contributed by atoms with E-state index in [1.807, 2.05) is 0 Å². The number of hydrogen-bond acceptors (Lipinski definition) is 3. The van der Waals surface area contributed by atoms with Gasteiger partial charge in [0, 0.05) is 39.3 Å². The van der Waals surface area contributed by atoms with Gasteiger partial charge in [0.15, 0.2) is 0 Å². The van der Waals surface area contributed by atoms with Crippen LogP contribution in [0.4, 0.5) is 0 Å². The molecule has 0 aromatic heterocycles. The number of rotatable bonds is 7. The predicted molar refractivity (Wildman–Crippen MR) is 69.2 cm³/mol. The average Bonchev–Trinajstić information content (AvgIpc) is 2.34. The van der Waals surface area contributed by atoms with Gasteiger partial charge in [0.1, 0.15) is 0 Å². The Kier molecular flexibility index (Phi) is 6.52. The summed E-state index contributed by atoms with van der Waals surface area (Å²) in [5.41, 5.74) is 0. The fourth-order valence-corrected chi connectivity index (χ4v) is 2.36. The molecule has 0 saturated carbocycles. The lowest BCUT2D eigenvalue weighted by molar-refractivity contribution is -0.137. The highest BCUT2D eigenvalue weighted by Gasteiger charge is 2.18. The maximum absolute atomic E-state index is 10.5. The molecule has 0 aromatic carbocycles. The zero-order chi connectivity index (χ0) is 12.7. The summed E-state index contributed by atoms with van der Waals surface area (Å²) < 4.78 is 0. The summed E-state index contributed by atoms with van der Waals surface area (Å²) in [6.45, 7) is 10.7. The van der Waals surface area contributed by atoms with Crippen molar-refractivity contribution in [1.29, 1.82) is 0 Å².